The van der Waals surface area contributed by atoms with Crippen molar-refractivity contribution in [1.82, 2.24) is 10.2 Å². The molecule has 1 amide bonds. The van der Waals surface area contributed by atoms with Gasteiger partial charge in [-0.25, -0.2) is 4.79 Å². The van der Waals surface area contributed by atoms with Crippen molar-refractivity contribution in [3.63, 3.8) is 0 Å². The lowest BCUT2D eigenvalue weighted by molar-refractivity contribution is -0.149. The first-order chi connectivity index (χ1) is 16.7. The van der Waals surface area contributed by atoms with Crippen LogP contribution in [-0.2, 0) is 31.0 Å². The van der Waals surface area contributed by atoms with Gasteiger partial charge in [-0.05, 0) is 50.6 Å². The topological polar surface area (TPSA) is 146 Å². The van der Waals surface area contributed by atoms with Gasteiger partial charge in [-0.15, -0.1) is 0 Å². The zero-order chi connectivity index (χ0) is 25.0. The third-order valence-electron chi connectivity index (χ3n) is 7.81. The summed E-state index contributed by atoms with van der Waals surface area (Å²) in [7, 11) is 2.01. The SMILES string of the molecule is C.CN1CCC[C@]23c4c5ccc(O)c4O[C@H]2C(OC(=O)CCNC(=O)/C=C/C(=O)O)=CC[C@@]3(O)[C@H]1C5. The second kappa shape index (κ2) is 9.25. The van der Waals surface area contributed by atoms with Gasteiger partial charge in [-0.3, -0.25) is 9.59 Å². The van der Waals surface area contributed by atoms with Crippen molar-refractivity contribution in [2.45, 2.75) is 62.7 Å². The van der Waals surface area contributed by atoms with Gasteiger partial charge in [0.2, 0.25) is 5.91 Å². The van der Waals surface area contributed by atoms with Gasteiger partial charge in [-0.1, -0.05) is 13.5 Å². The first-order valence-electron chi connectivity index (χ1n) is 11.7. The number of esters is 1. The highest BCUT2D eigenvalue weighted by Gasteiger charge is 2.70. The van der Waals surface area contributed by atoms with Gasteiger partial charge >= 0.3 is 11.9 Å². The highest BCUT2D eigenvalue weighted by molar-refractivity contribution is 5.94. The van der Waals surface area contributed by atoms with Crippen molar-refractivity contribution in [2.75, 3.05) is 20.1 Å². The lowest BCUT2D eigenvalue weighted by atomic mass is 9.52. The summed E-state index contributed by atoms with van der Waals surface area (Å²) in [6.07, 6.45) is 4.70. The molecule has 4 atom stereocenters. The lowest BCUT2D eigenvalue weighted by Crippen LogP contribution is -2.69. The maximum absolute atomic E-state index is 12.6. The smallest absolute Gasteiger partial charge is 0.328 e. The summed E-state index contributed by atoms with van der Waals surface area (Å²) in [6, 6.07) is 3.34. The van der Waals surface area contributed by atoms with E-state index in [2.05, 4.69) is 10.2 Å². The molecular formula is C26H32N2O8. The van der Waals surface area contributed by atoms with Crippen LogP contribution in [0.3, 0.4) is 0 Å². The molecule has 0 radical (unpaired) electrons. The summed E-state index contributed by atoms with van der Waals surface area (Å²) in [4.78, 5) is 36.9. The van der Waals surface area contributed by atoms with E-state index < -0.39 is 35.0 Å². The average molecular weight is 501 g/mol. The normalized spacial score (nSPS) is 29.8. The summed E-state index contributed by atoms with van der Waals surface area (Å²) in [5.74, 6) is -1.84. The number of amides is 1. The van der Waals surface area contributed by atoms with Gasteiger partial charge in [0.15, 0.2) is 17.6 Å². The third kappa shape index (κ3) is 3.75. The molecule has 5 rings (SSSR count). The average Bonchev–Trinajstić information content (AvgIpc) is 3.15. The molecule has 194 valence electrons. The minimum absolute atomic E-state index is 0. The van der Waals surface area contributed by atoms with Crippen molar-refractivity contribution in [2.24, 2.45) is 0 Å². The molecule has 0 aromatic heterocycles. The summed E-state index contributed by atoms with van der Waals surface area (Å²) < 4.78 is 12.0. The number of rotatable bonds is 6. The molecule has 0 unspecified atom stereocenters. The van der Waals surface area contributed by atoms with Crippen LogP contribution in [0.4, 0.5) is 0 Å². The summed E-state index contributed by atoms with van der Waals surface area (Å²) in [5, 5.41) is 33.8. The molecule has 2 heterocycles. The van der Waals surface area contributed by atoms with E-state index in [0.717, 1.165) is 30.2 Å². The molecule has 1 fully saturated rings. The van der Waals surface area contributed by atoms with Crippen molar-refractivity contribution in [3.05, 3.63) is 47.2 Å². The van der Waals surface area contributed by atoms with Gasteiger partial charge in [0.1, 0.15) is 5.76 Å². The Labute approximate surface area is 209 Å². The van der Waals surface area contributed by atoms with E-state index in [4.69, 9.17) is 14.6 Å². The molecular weight excluding hydrogens is 468 g/mol. The van der Waals surface area contributed by atoms with E-state index in [9.17, 15) is 24.6 Å². The summed E-state index contributed by atoms with van der Waals surface area (Å²) in [5.41, 5.74) is -0.177. The zero-order valence-electron chi connectivity index (χ0n) is 19.3. The number of phenols is 1. The molecule has 2 aliphatic heterocycles. The number of carbonyl (C=O) groups excluding carboxylic acids is 2. The van der Waals surface area contributed by atoms with E-state index in [1.54, 1.807) is 12.1 Å². The highest BCUT2D eigenvalue weighted by Crippen LogP contribution is 2.64. The van der Waals surface area contributed by atoms with Crippen LogP contribution in [0.25, 0.3) is 0 Å². The molecule has 4 aliphatic rings. The molecule has 1 saturated heterocycles. The van der Waals surface area contributed by atoms with E-state index in [1.807, 2.05) is 13.1 Å². The fourth-order valence-electron chi connectivity index (χ4n) is 6.37. The van der Waals surface area contributed by atoms with Gasteiger partial charge < -0.3 is 35.0 Å². The highest BCUT2D eigenvalue weighted by atomic mass is 16.6. The number of carboxylic acids is 1. The Morgan fingerprint density at radius 2 is 2.08 bits per heavy atom. The largest absolute Gasteiger partial charge is 0.504 e. The molecule has 1 spiro atoms. The number of benzene rings is 1. The number of aliphatic hydroxyl groups is 1. The minimum Gasteiger partial charge on any atom is -0.504 e. The Kier molecular flexibility index (Phi) is 6.61. The van der Waals surface area contributed by atoms with E-state index >= 15 is 0 Å². The van der Waals surface area contributed by atoms with Crippen LogP contribution in [0.5, 0.6) is 11.5 Å². The quantitative estimate of drug-likeness (QED) is 0.336. The van der Waals surface area contributed by atoms with Crippen LogP contribution in [0.1, 0.15) is 44.2 Å². The Balaban J connectivity index is 0.00000304. The predicted molar refractivity (Wildman–Crippen MR) is 128 cm³/mol. The summed E-state index contributed by atoms with van der Waals surface area (Å²) in [6.45, 7) is 0.773. The Bertz CT molecular complexity index is 1160. The number of nitrogens with zero attached hydrogens (tertiary/aromatic N) is 1. The fraction of sp³-hybridized carbons (Fsp3) is 0.500. The third-order valence-corrected chi connectivity index (χ3v) is 7.81. The van der Waals surface area contributed by atoms with Crippen LogP contribution in [0, 0.1) is 0 Å². The molecule has 36 heavy (non-hydrogen) atoms. The number of ether oxygens (including phenoxy) is 2. The molecule has 1 aromatic carbocycles. The maximum atomic E-state index is 12.6. The Hall–Kier alpha value is -3.37. The maximum Gasteiger partial charge on any atom is 0.328 e. The van der Waals surface area contributed by atoms with Crippen molar-refractivity contribution < 1.29 is 39.2 Å². The Morgan fingerprint density at radius 1 is 1.31 bits per heavy atom. The number of aliphatic carboxylic acids is 1. The van der Waals surface area contributed by atoms with Crippen LogP contribution in [-0.4, -0.2) is 75.9 Å². The number of carboxylic acid groups (broad SMARTS) is 1. The number of carbonyl (C=O) groups is 3. The van der Waals surface area contributed by atoms with Crippen molar-refractivity contribution in [3.8, 4) is 11.5 Å². The molecule has 10 nitrogen and oxygen atoms in total. The number of likely N-dealkylation sites (tertiary alicyclic amines) is 1. The van der Waals surface area contributed by atoms with E-state index in [0.29, 0.717) is 30.4 Å². The number of nitrogens with one attached hydrogen (secondary N) is 1. The number of hydrogen-bond acceptors (Lipinski definition) is 8. The predicted octanol–water partition coefficient (Wildman–Crippen LogP) is 1.39. The second-order valence-electron chi connectivity index (χ2n) is 9.64. The van der Waals surface area contributed by atoms with Crippen LogP contribution >= 0.6 is 0 Å². The first kappa shape index (κ1) is 25.7. The van der Waals surface area contributed by atoms with Crippen LogP contribution in [0.15, 0.2) is 36.1 Å². The molecule has 10 heteroatoms. The molecule has 1 aromatic rings. The van der Waals surface area contributed by atoms with Gasteiger partial charge in [0, 0.05) is 36.7 Å². The second-order valence-corrected chi connectivity index (χ2v) is 9.64. The molecule has 4 N–H and O–H groups in total. The molecule has 0 saturated carbocycles. The standard InChI is InChI=1S/C25H28N2O8.CH4/c1-27-12-2-9-24-21-14-3-4-15(28)22(21)35-23(24)16(7-10-25(24,33)17(27)13-14)34-20(32)8-11-26-18(29)5-6-19(30)31;/h3-7,17,23,28,33H,2,8-13H2,1H3,(H,26,29)(H,30,31);1H4/b6-5+;/t17-,23+,24+,25-;/m1./s1. The van der Waals surface area contributed by atoms with E-state index in [1.165, 1.54) is 0 Å². The number of aromatic hydroxyl groups is 1. The number of phenolic OH excluding ortho intramolecular Hbond substituents is 1. The zero-order valence-corrected chi connectivity index (χ0v) is 19.3. The first-order valence-corrected chi connectivity index (χ1v) is 11.7. The van der Waals surface area contributed by atoms with Gasteiger partial charge in [-0.2, -0.15) is 0 Å². The lowest BCUT2D eigenvalue weighted by Gasteiger charge is -2.56. The van der Waals surface area contributed by atoms with Gasteiger partial charge in [0.25, 0.3) is 0 Å². The summed E-state index contributed by atoms with van der Waals surface area (Å²) >= 11 is 0. The molecule has 2 aliphatic carbocycles. The number of hydrogen-bond donors (Lipinski definition) is 4. The van der Waals surface area contributed by atoms with Crippen LogP contribution in [0.2, 0.25) is 0 Å². The van der Waals surface area contributed by atoms with Gasteiger partial charge in [0.05, 0.1) is 17.4 Å². The minimum atomic E-state index is -1.25. The van der Waals surface area contributed by atoms with Crippen molar-refractivity contribution >= 4 is 17.8 Å². The molecule has 2 bridgehead atoms. The van der Waals surface area contributed by atoms with Crippen LogP contribution < -0.4 is 10.1 Å². The Morgan fingerprint density at radius 3 is 2.83 bits per heavy atom. The van der Waals surface area contributed by atoms with Crippen molar-refractivity contribution in [1.29, 1.82) is 0 Å². The van der Waals surface area contributed by atoms with E-state index in [-0.39, 0.29) is 38.6 Å². The monoisotopic (exact) mass is 500 g/mol. The fourth-order valence-corrected chi connectivity index (χ4v) is 6.37. The number of likely N-dealkylation sites (N-methyl/N-ethyl adjacent to an activating group) is 1.